The maximum Gasteiger partial charge on any atom is 0.335 e. The van der Waals surface area contributed by atoms with E-state index in [1.165, 1.54) is 19.2 Å². The molecule has 0 radical (unpaired) electrons. The Bertz CT molecular complexity index is 651. The van der Waals surface area contributed by atoms with E-state index < -0.39 is 21.6 Å². The number of sulfonamides is 1. The van der Waals surface area contributed by atoms with Crippen LogP contribution in [0.5, 0.6) is 5.75 Å². The molecule has 0 spiro atoms. The van der Waals surface area contributed by atoms with Gasteiger partial charge in [0.15, 0.2) is 0 Å². The number of aromatic carboxylic acids is 1. The summed E-state index contributed by atoms with van der Waals surface area (Å²) >= 11 is 0. The first kappa shape index (κ1) is 15.7. The highest BCUT2D eigenvalue weighted by atomic mass is 32.2. The van der Waals surface area contributed by atoms with Gasteiger partial charge >= 0.3 is 5.97 Å². The monoisotopic (exact) mass is 315 g/mol. The SMILES string of the molecule is COc1ccc(C(=O)O)cc1S(=O)(=O)NCC1(O)CCC1. The normalized spacial score (nSPS) is 17.0. The van der Waals surface area contributed by atoms with Gasteiger partial charge in [0.2, 0.25) is 10.0 Å². The minimum atomic E-state index is -3.97. The first-order chi connectivity index (χ1) is 9.77. The molecule has 1 aromatic rings. The largest absolute Gasteiger partial charge is 0.495 e. The number of aliphatic hydroxyl groups is 1. The van der Waals surface area contributed by atoms with Crippen LogP contribution in [0, 0.1) is 0 Å². The number of carboxylic acids is 1. The van der Waals surface area contributed by atoms with Crippen LogP contribution in [-0.4, -0.2) is 43.9 Å². The summed E-state index contributed by atoms with van der Waals surface area (Å²) in [5, 5.41) is 18.9. The molecule has 0 heterocycles. The van der Waals surface area contributed by atoms with Crippen LogP contribution in [0.15, 0.2) is 23.1 Å². The average Bonchev–Trinajstić information content (AvgIpc) is 2.42. The zero-order valence-electron chi connectivity index (χ0n) is 11.5. The summed E-state index contributed by atoms with van der Waals surface area (Å²) in [6, 6.07) is 3.59. The van der Waals surface area contributed by atoms with Crippen molar-refractivity contribution in [3.63, 3.8) is 0 Å². The van der Waals surface area contributed by atoms with Crippen LogP contribution in [0.4, 0.5) is 0 Å². The van der Waals surface area contributed by atoms with Gasteiger partial charge in [-0.3, -0.25) is 0 Å². The molecule has 2 rings (SSSR count). The number of ether oxygens (including phenoxy) is 1. The van der Waals surface area contributed by atoms with Gasteiger partial charge in [-0.05, 0) is 37.5 Å². The summed E-state index contributed by atoms with van der Waals surface area (Å²) in [5.74, 6) is -1.18. The third-order valence-electron chi connectivity index (χ3n) is 3.58. The number of carboxylic acid groups (broad SMARTS) is 1. The zero-order valence-corrected chi connectivity index (χ0v) is 12.3. The number of hydrogen-bond acceptors (Lipinski definition) is 5. The molecule has 1 aromatic carbocycles. The predicted octanol–water partition coefficient (Wildman–Crippen LogP) is 0.587. The first-order valence-electron chi connectivity index (χ1n) is 6.41. The van der Waals surface area contributed by atoms with Crippen LogP contribution in [0.3, 0.4) is 0 Å². The van der Waals surface area contributed by atoms with Crippen LogP contribution in [0.1, 0.15) is 29.6 Å². The second-order valence-electron chi connectivity index (χ2n) is 5.07. The lowest BCUT2D eigenvalue weighted by atomic mass is 9.81. The Morgan fingerprint density at radius 1 is 1.43 bits per heavy atom. The summed E-state index contributed by atoms with van der Waals surface area (Å²) in [6.45, 7) is -0.101. The van der Waals surface area contributed by atoms with E-state index in [-0.39, 0.29) is 22.8 Å². The fourth-order valence-electron chi connectivity index (χ4n) is 2.09. The molecule has 116 valence electrons. The second-order valence-corrected chi connectivity index (χ2v) is 6.81. The molecule has 1 saturated carbocycles. The maximum absolute atomic E-state index is 12.3. The number of nitrogens with one attached hydrogen (secondary N) is 1. The molecular weight excluding hydrogens is 298 g/mol. The standard InChI is InChI=1S/C13H17NO6S/c1-20-10-4-3-9(12(15)16)7-11(10)21(18,19)14-8-13(17)5-2-6-13/h3-4,7,14,17H,2,5-6,8H2,1H3,(H,15,16). The molecule has 0 atom stereocenters. The van der Waals surface area contributed by atoms with E-state index in [0.717, 1.165) is 12.5 Å². The fourth-order valence-corrected chi connectivity index (χ4v) is 3.40. The van der Waals surface area contributed by atoms with Crippen molar-refractivity contribution in [3.8, 4) is 5.75 Å². The topological polar surface area (TPSA) is 113 Å². The first-order valence-corrected chi connectivity index (χ1v) is 7.89. The van der Waals surface area contributed by atoms with Crippen molar-refractivity contribution in [2.24, 2.45) is 0 Å². The number of rotatable bonds is 6. The molecule has 3 N–H and O–H groups in total. The van der Waals surface area contributed by atoms with Gasteiger partial charge in [0.1, 0.15) is 10.6 Å². The average molecular weight is 315 g/mol. The van der Waals surface area contributed by atoms with E-state index in [1.807, 2.05) is 0 Å². The van der Waals surface area contributed by atoms with E-state index in [4.69, 9.17) is 9.84 Å². The lowest BCUT2D eigenvalue weighted by Crippen LogP contribution is -2.47. The van der Waals surface area contributed by atoms with Crippen molar-refractivity contribution in [2.45, 2.75) is 29.8 Å². The third-order valence-corrected chi connectivity index (χ3v) is 5.00. The van der Waals surface area contributed by atoms with Crippen molar-refractivity contribution in [1.29, 1.82) is 0 Å². The summed E-state index contributed by atoms with van der Waals surface area (Å²) in [7, 11) is -2.67. The van der Waals surface area contributed by atoms with Crippen LogP contribution in [0.2, 0.25) is 0 Å². The quantitative estimate of drug-likeness (QED) is 0.708. The van der Waals surface area contributed by atoms with Gasteiger partial charge in [0, 0.05) is 6.54 Å². The van der Waals surface area contributed by atoms with E-state index in [9.17, 15) is 18.3 Å². The maximum atomic E-state index is 12.3. The molecule has 21 heavy (non-hydrogen) atoms. The minimum absolute atomic E-state index is 0.0492. The Kier molecular flexibility index (Phi) is 4.22. The molecule has 0 amide bonds. The Morgan fingerprint density at radius 2 is 2.10 bits per heavy atom. The lowest BCUT2D eigenvalue weighted by Gasteiger charge is -2.36. The second kappa shape index (κ2) is 5.63. The molecule has 8 heteroatoms. The van der Waals surface area contributed by atoms with Crippen LogP contribution in [-0.2, 0) is 10.0 Å². The van der Waals surface area contributed by atoms with E-state index in [2.05, 4.69) is 4.72 Å². The molecule has 0 unspecified atom stereocenters. The third kappa shape index (κ3) is 3.34. The number of carbonyl (C=O) groups is 1. The highest BCUT2D eigenvalue weighted by Crippen LogP contribution is 2.31. The molecule has 0 aliphatic heterocycles. The summed E-state index contributed by atoms with van der Waals surface area (Å²) < 4.78 is 31.8. The van der Waals surface area contributed by atoms with Gasteiger partial charge in [-0.15, -0.1) is 0 Å². The van der Waals surface area contributed by atoms with Crippen molar-refractivity contribution in [3.05, 3.63) is 23.8 Å². The lowest BCUT2D eigenvalue weighted by molar-refractivity contribution is -0.0271. The van der Waals surface area contributed by atoms with E-state index >= 15 is 0 Å². The molecule has 0 saturated heterocycles. The van der Waals surface area contributed by atoms with Crippen LogP contribution < -0.4 is 9.46 Å². The number of benzene rings is 1. The van der Waals surface area contributed by atoms with E-state index in [1.54, 1.807) is 0 Å². The molecule has 1 fully saturated rings. The van der Waals surface area contributed by atoms with Gasteiger partial charge in [-0.2, -0.15) is 0 Å². The van der Waals surface area contributed by atoms with Gasteiger partial charge < -0.3 is 14.9 Å². The van der Waals surface area contributed by atoms with Crippen LogP contribution >= 0.6 is 0 Å². The minimum Gasteiger partial charge on any atom is -0.495 e. The summed E-state index contributed by atoms with van der Waals surface area (Å²) in [6.07, 6.45) is 1.94. The highest BCUT2D eigenvalue weighted by Gasteiger charge is 2.36. The van der Waals surface area contributed by atoms with Gasteiger partial charge in [-0.1, -0.05) is 0 Å². The number of methoxy groups -OCH3 is 1. The molecule has 1 aliphatic carbocycles. The summed E-state index contributed by atoms with van der Waals surface area (Å²) in [5.41, 5.74) is -1.16. The molecule has 0 aromatic heterocycles. The molecular formula is C13H17NO6S. The Balaban J connectivity index is 2.29. The van der Waals surface area contributed by atoms with Crippen LogP contribution in [0.25, 0.3) is 0 Å². The van der Waals surface area contributed by atoms with Crippen molar-refractivity contribution < 1.29 is 28.2 Å². The molecule has 0 bridgehead atoms. The molecule has 1 aliphatic rings. The van der Waals surface area contributed by atoms with Crippen molar-refractivity contribution in [2.75, 3.05) is 13.7 Å². The molecule has 7 nitrogen and oxygen atoms in total. The van der Waals surface area contributed by atoms with Gasteiger partial charge in [-0.25, -0.2) is 17.9 Å². The predicted molar refractivity (Wildman–Crippen MR) is 73.9 cm³/mol. The van der Waals surface area contributed by atoms with Crippen molar-refractivity contribution >= 4 is 16.0 Å². The number of hydrogen-bond donors (Lipinski definition) is 3. The van der Waals surface area contributed by atoms with Gasteiger partial charge in [0.25, 0.3) is 0 Å². The van der Waals surface area contributed by atoms with Gasteiger partial charge in [0.05, 0.1) is 18.3 Å². The fraction of sp³-hybridized carbons (Fsp3) is 0.462. The Hall–Kier alpha value is -1.64. The zero-order chi connectivity index (χ0) is 15.7. The highest BCUT2D eigenvalue weighted by molar-refractivity contribution is 7.89. The van der Waals surface area contributed by atoms with E-state index in [0.29, 0.717) is 12.8 Å². The van der Waals surface area contributed by atoms with Crippen molar-refractivity contribution in [1.82, 2.24) is 4.72 Å². The Labute approximate surface area is 122 Å². The smallest absolute Gasteiger partial charge is 0.335 e. The summed E-state index contributed by atoms with van der Waals surface area (Å²) in [4.78, 5) is 10.7. The Morgan fingerprint density at radius 3 is 2.57 bits per heavy atom.